The molecule has 1 aliphatic rings. The van der Waals surface area contributed by atoms with Gasteiger partial charge in [-0.15, -0.1) is 0 Å². The number of sulfonamides is 1. The Labute approximate surface area is 144 Å². The third-order valence-corrected chi connectivity index (χ3v) is 6.51. The van der Waals surface area contributed by atoms with Gasteiger partial charge in [0.15, 0.2) is 0 Å². The van der Waals surface area contributed by atoms with Crippen molar-refractivity contribution in [2.75, 3.05) is 38.0 Å². The van der Waals surface area contributed by atoms with Crippen LogP contribution in [0.3, 0.4) is 0 Å². The molecule has 1 aliphatic heterocycles. The van der Waals surface area contributed by atoms with Crippen molar-refractivity contribution >= 4 is 21.6 Å². The number of rotatable bonds is 6. The topological polar surface area (TPSA) is 69.7 Å². The maximum absolute atomic E-state index is 12.7. The summed E-state index contributed by atoms with van der Waals surface area (Å²) in [6, 6.07) is 6.42. The molecule has 24 heavy (non-hydrogen) atoms. The van der Waals surface area contributed by atoms with Gasteiger partial charge in [0.25, 0.3) is 0 Å². The molecule has 1 saturated heterocycles. The van der Waals surface area contributed by atoms with Crippen molar-refractivity contribution in [2.45, 2.75) is 32.1 Å². The largest absolute Gasteiger partial charge is 0.326 e. The first-order chi connectivity index (χ1) is 11.4. The van der Waals surface area contributed by atoms with Crippen molar-refractivity contribution in [3.05, 3.63) is 24.3 Å². The first-order valence-electron chi connectivity index (χ1n) is 8.52. The minimum absolute atomic E-state index is 0.0520. The second-order valence-corrected chi connectivity index (χ2v) is 8.10. The van der Waals surface area contributed by atoms with Crippen LogP contribution in [0.1, 0.15) is 27.2 Å². The number of nitrogens with one attached hydrogen (secondary N) is 1. The summed E-state index contributed by atoms with van der Waals surface area (Å²) in [5.41, 5.74) is 0.620. The molecule has 134 valence electrons. The van der Waals surface area contributed by atoms with Gasteiger partial charge in [0.1, 0.15) is 0 Å². The molecular weight excluding hydrogens is 326 g/mol. The molecule has 1 atom stereocenters. The molecule has 1 N–H and O–H groups in total. The highest BCUT2D eigenvalue weighted by Crippen LogP contribution is 2.20. The molecular formula is C17H27N3O3S. The van der Waals surface area contributed by atoms with Gasteiger partial charge >= 0.3 is 0 Å². The first-order valence-corrected chi connectivity index (χ1v) is 9.96. The lowest BCUT2D eigenvalue weighted by atomic mass is 10.1. The fraction of sp³-hybridized carbons (Fsp3) is 0.588. The lowest BCUT2D eigenvalue weighted by Crippen LogP contribution is -2.48. The molecule has 0 aliphatic carbocycles. The number of benzene rings is 1. The highest BCUT2D eigenvalue weighted by molar-refractivity contribution is 7.89. The molecule has 6 nitrogen and oxygen atoms in total. The Morgan fingerprint density at radius 2 is 1.71 bits per heavy atom. The predicted octanol–water partition coefficient (Wildman–Crippen LogP) is 2.00. The van der Waals surface area contributed by atoms with E-state index in [1.807, 2.05) is 13.8 Å². The highest BCUT2D eigenvalue weighted by atomic mass is 32.2. The summed E-state index contributed by atoms with van der Waals surface area (Å²) in [6.45, 7) is 9.40. The Balaban J connectivity index is 2.05. The van der Waals surface area contributed by atoms with Crippen LogP contribution in [0, 0.1) is 5.92 Å². The van der Waals surface area contributed by atoms with Gasteiger partial charge in [-0.05, 0) is 37.2 Å². The maximum Gasteiger partial charge on any atom is 0.243 e. The first kappa shape index (κ1) is 18.9. The summed E-state index contributed by atoms with van der Waals surface area (Å²) >= 11 is 0. The van der Waals surface area contributed by atoms with Crippen molar-refractivity contribution in [1.82, 2.24) is 9.21 Å². The second-order valence-electron chi connectivity index (χ2n) is 6.16. The Hall–Kier alpha value is -1.44. The normalized spacial score (nSPS) is 18.3. The third kappa shape index (κ3) is 4.34. The van der Waals surface area contributed by atoms with Gasteiger partial charge in [-0.25, -0.2) is 8.42 Å². The molecule has 0 radical (unpaired) electrons. The number of nitrogens with zero attached hydrogens (tertiary/aromatic N) is 2. The van der Waals surface area contributed by atoms with E-state index >= 15 is 0 Å². The van der Waals surface area contributed by atoms with Crippen LogP contribution in [0.15, 0.2) is 29.2 Å². The quantitative estimate of drug-likeness (QED) is 0.849. The fourth-order valence-electron chi connectivity index (χ4n) is 2.60. The predicted molar refractivity (Wildman–Crippen MR) is 95.4 cm³/mol. The van der Waals surface area contributed by atoms with Gasteiger partial charge in [0, 0.05) is 37.8 Å². The van der Waals surface area contributed by atoms with Gasteiger partial charge < -0.3 is 10.2 Å². The summed E-state index contributed by atoms with van der Waals surface area (Å²) in [6.07, 6.45) is 0.766. The standard InChI is InChI=1S/C17H27N3O3S/c1-4-14(3)17(21)18-15-6-8-16(9-7-15)24(22,23)20-12-10-19(5-2)11-13-20/h6-9,14H,4-5,10-13H2,1-3H3,(H,18,21). The van der Waals surface area contributed by atoms with Crippen LogP contribution in [-0.2, 0) is 14.8 Å². The van der Waals surface area contributed by atoms with Crippen molar-refractivity contribution in [3.63, 3.8) is 0 Å². The molecule has 0 saturated carbocycles. The SMILES string of the molecule is CCC(C)C(=O)Nc1ccc(S(=O)(=O)N2CCN(CC)CC2)cc1. The van der Waals surface area contributed by atoms with Gasteiger partial charge in [-0.1, -0.05) is 20.8 Å². The number of amides is 1. The number of piperazine rings is 1. The average molecular weight is 353 g/mol. The minimum atomic E-state index is -3.47. The number of carbonyl (C=O) groups is 1. The molecule has 1 amide bonds. The smallest absolute Gasteiger partial charge is 0.243 e. The van der Waals surface area contributed by atoms with Gasteiger partial charge in [0.05, 0.1) is 4.90 Å². The monoisotopic (exact) mass is 353 g/mol. The van der Waals surface area contributed by atoms with E-state index in [1.54, 1.807) is 24.3 Å². The number of anilines is 1. The van der Waals surface area contributed by atoms with E-state index in [9.17, 15) is 13.2 Å². The Morgan fingerprint density at radius 3 is 2.21 bits per heavy atom. The Bertz CT molecular complexity index is 650. The molecule has 0 aromatic heterocycles. The van der Waals surface area contributed by atoms with E-state index in [4.69, 9.17) is 0 Å². The molecule has 1 unspecified atom stereocenters. The van der Waals surface area contributed by atoms with Crippen LogP contribution in [0.5, 0.6) is 0 Å². The molecule has 7 heteroatoms. The second kappa shape index (κ2) is 8.09. The Morgan fingerprint density at radius 1 is 1.12 bits per heavy atom. The van der Waals surface area contributed by atoms with Crippen molar-refractivity contribution < 1.29 is 13.2 Å². The number of carbonyl (C=O) groups excluding carboxylic acids is 1. The molecule has 1 aromatic rings. The van der Waals surface area contributed by atoms with Crippen molar-refractivity contribution in [3.8, 4) is 0 Å². The molecule has 2 rings (SSSR count). The third-order valence-electron chi connectivity index (χ3n) is 4.60. The minimum Gasteiger partial charge on any atom is -0.326 e. The number of likely N-dealkylation sites (N-methyl/N-ethyl adjacent to an activating group) is 1. The van der Waals surface area contributed by atoms with Crippen LogP contribution in [0.2, 0.25) is 0 Å². The summed E-state index contributed by atoms with van der Waals surface area (Å²) < 4.78 is 26.9. The van der Waals surface area contributed by atoms with Crippen LogP contribution in [0.4, 0.5) is 5.69 Å². The van der Waals surface area contributed by atoms with Crippen LogP contribution in [-0.4, -0.2) is 56.3 Å². The summed E-state index contributed by atoms with van der Waals surface area (Å²) in [5.74, 6) is -0.118. The number of hydrogen-bond acceptors (Lipinski definition) is 4. The highest BCUT2D eigenvalue weighted by Gasteiger charge is 2.27. The lowest BCUT2D eigenvalue weighted by Gasteiger charge is -2.33. The molecule has 1 aromatic carbocycles. The van der Waals surface area contributed by atoms with Gasteiger partial charge in [0.2, 0.25) is 15.9 Å². The summed E-state index contributed by atoms with van der Waals surface area (Å²) in [5, 5.41) is 2.81. The summed E-state index contributed by atoms with van der Waals surface area (Å²) in [4.78, 5) is 14.4. The molecule has 0 bridgehead atoms. The zero-order valence-corrected chi connectivity index (χ0v) is 15.5. The lowest BCUT2D eigenvalue weighted by molar-refractivity contribution is -0.119. The van der Waals surface area contributed by atoms with Crippen LogP contribution in [0.25, 0.3) is 0 Å². The van der Waals surface area contributed by atoms with Gasteiger partial charge in [-0.3, -0.25) is 4.79 Å². The zero-order valence-electron chi connectivity index (χ0n) is 14.7. The molecule has 0 spiro atoms. The van der Waals surface area contributed by atoms with Gasteiger partial charge in [-0.2, -0.15) is 4.31 Å². The average Bonchev–Trinajstić information content (AvgIpc) is 2.61. The van der Waals surface area contributed by atoms with Crippen molar-refractivity contribution in [1.29, 1.82) is 0 Å². The molecule has 1 fully saturated rings. The van der Waals surface area contributed by atoms with Crippen molar-refractivity contribution in [2.24, 2.45) is 5.92 Å². The molecule has 1 heterocycles. The van der Waals surface area contributed by atoms with Crippen LogP contribution < -0.4 is 5.32 Å². The maximum atomic E-state index is 12.7. The zero-order chi connectivity index (χ0) is 17.7. The fourth-order valence-corrected chi connectivity index (χ4v) is 4.02. The van der Waals surface area contributed by atoms with E-state index in [2.05, 4.69) is 17.1 Å². The number of hydrogen-bond donors (Lipinski definition) is 1. The van der Waals surface area contributed by atoms with E-state index in [0.29, 0.717) is 18.8 Å². The van der Waals surface area contributed by atoms with E-state index in [1.165, 1.54) is 4.31 Å². The van der Waals surface area contributed by atoms with E-state index in [-0.39, 0.29) is 16.7 Å². The Kier molecular flexibility index (Phi) is 6.37. The summed E-state index contributed by atoms with van der Waals surface area (Å²) in [7, 11) is -3.47. The van der Waals surface area contributed by atoms with Crippen LogP contribution >= 0.6 is 0 Å². The van der Waals surface area contributed by atoms with E-state index in [0.717, 1.165) is 26.1 Å². The van der Waals surface area contributed by atoms with E-state index < -0.39 is 10.0 Å².